The molecule has 0 amide bonds. The number of fused-ring (bicyclic) bond motifs is 1. The molecule has 0 aliphatic carbocycles. The van der Waals surface area contributed by atoms with Crippen molar-refractivity contribution in [2.75, 3.05) is 23.9 Å². The maximum Gasteiger partial charge on any atom is 0.221 e. The van der Waals surface area contributed by atoms with Crippen molar-refractivity contribution in [2.45, 2.75) is 31.7 Å². The fraction of sp³-hybridized carbons (Fsp3) is 0.333. The molecule has 1 aromatic carbocycles. The van der Waals surface area contributed by atoms with Gasteiger partial charge in [-0.2, -0.15) is 4.98 Å². The van der Waals surface area contributed by atoms with E-state index in [4.69, 9.17) is 16.2 Å². The van der Waals surface area contributed by atoms with Gasteiger partial charge in [-0.25, -0.2) is 4.98 Å². The van der Waals surface area contributed by atoms with Gasteiger partial charge in [-0.05, 0) is 42.9 Å². The van der Waals surface area contributed by atoms with Crippen molar-refractivity contribution in [3.8, 4) is 5.75 Å². The van der Waals surface area contributed by atoms with Gasteiger partial charge in [-0.15, -0.1) is 6.58 Å². The van der Waals surface area contributed by atoms with Crippen LogP contribution in [0, 0.1) is 0 Å². The van der Waals surface area contributed by atoms with Crippen LogP contribution >= 0.6 is 0 Å². The molecular weight excluding hydrogens is 302 g/mol. The summed E-state index contributed by atoms with van der Waals surface area (Å²) in [6.07, 6.45) is 7.21. The SMILES string of the molecule is C=CCc1cc2c(cc1OC)NC(Cc1cnc(N)nc1N)CC2. The summed E-state index contributed by atoms with van der Waals surface area (Å²) in [5.74, 6) is 1.55. The van der Waals surface area contributed by atoms with E-state index in [1.54, 1.807) is 13.3 Å². The van der Waals surface area contributed by atoms with Crippen LogP contribution in [-0.4, -0.2) is 23.1 Å². The van der Waals surface area contributed by atoms with Crippen molar-refractivity contribution in [1.82, 2.24) is 9.97 Å². The molecule has 126 valence electrons. The van der Waals surface area contributed by atoms with Crippen molar-refractivity contribution >= 4 is 17.5 Å². The van der Waals surface area contributed by atoms with Crippen LogP contribution in [0.1, 0.15) is 23.1 Å². The fourth-order valence-electron chi connectivity index (χ4n) is 3.15. The van der Waals surface area contributed by atoms with E-state index in [9.17, 15) is 0 Å². The molecule has 1 aliphatic rings. The lowest BCUT2D eigenvalue weighted by molar-refractivity contribution is 0.410. The Labute approximate surface area is 141 Å². The van der Waals surface area contributed by atoms with Crippen molar-refractivity contribution < 1.29 is 4.74 Å². The topological polar surface area (TPSA) is 99.1 Å². The van der Waals surface area contributed by atoms with Gasteiger partial charge < -0.3 is 21.5 Å². The summed E-state index contributed by atoms with van der Waals surface area (Å²) >= 11 is 0. The minimum absolute atomic E-state index is 0.206. The second-order valence-electron chi connectivity index (χ2n) is 6.04. The number of ether oxygens (including phenoxy) is 1. The molecule has 0 spiro atoms. The quantitative estimate of drug-likeness (QED) is 0.730. The van der Waals surface area contributed by atoms with Crippen molar-refractivity contribution in [1.29, 1.82) is 0 Å². The van der Waals surface area contributed by atoms with Gasteiger partial charge in [0.05, 0.1) is 7.11 Å². The van der Waals surface area contributed by atoms with Gasteiger partial charge in [0.1, 0.15) is 11.6 Å². The van der Waals surface area contributed by atoms with Crippen LogP contribution in [0.5, 0.6) is 5.75 Å². The number of rotatable bonds is 5. The van der Waals surface area contributed by atoms with Crippen LogP contribution in [0.4, 0.5) is 17.5 Å². The smallest absolute Gasteiger partial charge is 0.221 e. The zero-order chi connectivity index (χ0) is 17.1. The van der Waals surface area contributed by atoms with Crippen LogP contribution in [0.2, 0.25) is 0 Å². The number of aryl methyl sites for hydroxylation is 1. The number of nitrogen functional groups attached to an aromatic ring is 2. The third-order valence-electron chi connectivity index (χ3n) is 4.38. The zero-order valence-electron chi connectivity index (χ0n) is 13.9. The average Bonchev–Trinajstić information content (AvgIpc) is 2.57. The summed E-state index contributed by atoms with van der Waals surface area (Å²) in [4.78, 5) is 8.07. The Hall–Kier alpha value is -2.76. The average molecular weight is 325 g/mol. The van der Waals surface area contributed by atoms with Crippen LogP contribution in [0.15, 0.2) is 31.0 Å². The molecule has 6 heteroatoms. The Kier molecular flexibility index (Phi) is 4.55. The Balaban J connectivity index is 1.79. The Morgan fingerprint density at radius 1 is 1.38 bits per heavy atom. The highest BCUT2D eigenvalue weighted by atomic mass is 16.5. The van der Waals surface area contributed by atoms with Gasteiger partial charge in [0.15, 0.2) is 0 Å². The van der Waals surface area contributed by atoms with E-state index < -0.39 is 0 Å². The van der Waals surface area contributed by atoms with Crippen LogP contribution < -0.4 is 21.5 Å². The molecule has 1 unspecified atom stereocenters. The van der Waals surface area contributed by atoms with E-state index in [1.807, 2.05) is 6.08 Å². The normalized spacial score (nSPS) is 16.1. The summed E-state index contributed by atoms with van der Waals surface area (Å²) in [5, 5.41) is 3.58. The van der Waals surface area contributed by atoms with E-state index in [1.165, 1.54) is 11.1 Å². The molecule has 1 aromatic heterocycles. The molecular formula is C18H23N5O. The molecule has 0 saturated heterocycles. The molecule has 3 rings (SSSR count). The number of anilines is 3. The maximum atomic E-state index is 5.94. The zero-order valence-corrected chi connectivity index (χ0v) is 13.9. The summed E-state index contributed by atoms with van der Waals surface area (Å²) < 4.78 is 5.51. The largest absolute Gasteiger partial charge is 0.496 e. The summed E-state index contributed by atoms with van der Waals surface area (Å²) in [5.41, 5.74) is 16.0. The first-order valence-electron chi connectivity index (χ1n) is 8.04. The van der Waals surface area contributed by atoms with E-state index in [2.05, 4.69) is 34.0 Å². The van der Waals surface area contributed by atoms with E-state index in [0.717, 1.165) is 42.7 Å². The molecule has 0 radical (unpaired) electrons. The second-order valence-corrected chi connectivity index (χ2v) is 6.04. The van der Waals surface area contributed by atoms with E-state index in [-0.39, 0.29) is 12.0 Å². The number of methoxy groups -OCH3 is 1. The lowest BCUT2D eigenvalue weighted by Crippen LogP contribution is -2.28. The lowest BCUT2D eigenvalue weighted by Gasteiger charge is -2.28. The predicted molar refractivity (Wildman–Crippen MR) is 97.2 cm³/mol. The molecule has 0 bridgehead atoms. The number of nitrogens with zero attached hydrogens (tertiary/aromatic N) is 2. The highest BCUT2D eigenvalue weighted by molar-refractivity contribution is 5.60. The number of nitrogens with two attached hydrogens (primary N) is 2. The lowest BCUT2D eigenvalue weighted by atomic mass is 9.92. The number of nitrogens with one attached hydrogen (secondary N) is 1. The summed E-state index contributed by atoms with van der Waals surface area (Å²) in [6.45, 7) is 3.81. The van der Waals surface area contributed by atoms with Gasteiger partial charge in [0, 0.05) is 29.6 Å². The van der Waals surface area contributed by atoms with Gasteiger partial charge >= 0.3 is 0 Å². The number of benzene rings is 1. The minimum atomic E-state index is 0.206. The first kappa shape index (κ1) is 16.1. The second kappa shape index (κ2) is 6.78. The molecule has 2 aromatic rings. The fourth-order valence-corrected chi connectivity index (χ4v) is 3.15. The van der Waals surface area contributed by atoms with Gasteiger partial charge in [-0.3, -0.25) is 0 Å². The molecule has 1 atom stereocenters. The first-order valence-corrected chi connectivity index (χ1v) is 8.04. The Morgan fingerprint density at radius 2 is 2.21 bits per heavy atom. The minimum Gasteiger partial charge on any atom is -0.496 e. The van der Waals surface area contributed by atoms with Crippen LogP contribution in [0.3, 0.4) is 0 Å². The Bertz CT molecular complexity index is 759. The van der Waals surface area contributed by atoms with Crippen LogP contribution in [0.25, 0.3) is 0 Å². The molecule has 0 fully saturated rings. The van der Waals surface area contributed by atoms with E-state index in [0.29, 0.717) is 5.82 Å². The van der Waals surface area contributed by atoms with E-state index >= 15 is 0 Å². The number of hydrogen-bond acceptors (Lipinski definition) is 6. The van der Waals surface area contributed by atoms with Crippen molar-refractivity contribution in [3.63, 3.8) is 0 Å². The molecule has 2 heterocycles. The predicted octanol–water partition coefficient (Wildman–Crippen LogP) is 2.35. The van der Waals surface area contributed by atoms with Gasteiger partial charge in [0.25, 0.3) is 0 Å². The monoisotopic (exact) mass is 325 g/mol. The third-order valence-corrected chi connectivity index (χ3v) is 4.38. The standard InChI is InChI=1S/C18H23N5O/c1-3-4-12-7-11-5-6-14(22-15(11)9-16(12)24-2)8-13-10-21-18(20)23-17(13)19/h3,7,9-10,14,22H,1,4-6,8H2,2H3,(H4,19,20,21,23). The summed E-state index contributed by atoms with van der Waals surface area (Å²) in [6, 6.07) is 4.56. The summed E-state index contributed by atoms with van der Waals surface area (Å²) in [7, 11) is 1.70. The molecule has 24 heavy (non-hydrogen) atoms. The number of allylic oxidation sites excluding steroid dienone is 1. The molecule has 1 aliphatic heterocycles. The molecule has 0 saturated carbocycles. The van der Waals surface area contributed by atoms with Crippen molar-refractivity contribution in [3.05, 3.63) is 47.7 Å². The highest BCUT2D eigenvalue weighted by Gasteiger charge is 2.21. The first-order chi connectivity index (χ1) is 11.6. The highest BCUT2D eigenvalue weighted by Crippen LogP contribution is 2.33. The van der Waals surface area contributed by atoms with Gasteiger partial charge in [-0.1, -0.05) is 6.08 Å². The number of aromatic nitrogens is 2. The molecule has 5 N–H and O–H groups in total. The maximum absolute atomic E-state index is 5.94. The third kappa shape index (κ3) is 3.27. The van der Waals surface area contributed by atoms with Crippen LogP contribution in [-0.2, 0) is 19.3 Å². The van der Waals surface area contributed by atoms with Crippen molar-refractivity contribution in [2.24, 2.45) is 0 Å². The Morgan fingerprint density at radius 3 is 2.92 bits per heavy atom. The number of hydrogen-bond donors (Lipinski definition) is 3. The van der Waals surface area contributed by atoms with Gasteiger partial charge in [0.2, 0.25) is 5.95 Å². The molecule has 6 nitrogen and oxygen atoms in total.